The quantitative estimate of drug-likeness (QED) is 0.489. The number of ether oxygens (including phenoxy) is 1. The topological polar surface area (TPSA) is 94.6 Å². The summed E-state index contributed by atoms with van der Waals surface area (Å²) in [6, 6.07) is 0. The van der Waals surface area contributed by atoms with E-state index >= 15 is 0 Å². The van der Waals surface area contributed by atoms with Gasteiger partial charge < -0.3 is 4.74 Å². The van der Waals surface area contributed by atoms with E-state index < -0.39 is 42.1 Å². The Morgan fingerprint density at radius 3 is 2.18 bits per heavy atom. The van der Waals surface area contributed by atoms with Crippen molar-refractivity contribution in [2.24, 2.45) is 0 Å². The zero-order chi connectivity index (χ0) is 16.8. The third-order valence-electron chi connectivity index (χ3n) is 3.45. The van der Waals surface area contributed by atoms with Crippen LogP contribution in [0.2, 0.25) is 0 Å². The second kappa shape index (κ2) is 8.10. The van der Waals surface area contributed by atoms with Crippen LogP contribution >= 0.6 is 0 Å². The van der Waals surface area contributed by atoms with Crippen molar-refractivity contribution in [1.29, 1.82) is 0 Å². The summed E-state index contributed by atoms with van der Waals surface area (Å²) < 4.78 is 53.3. The zero-order valence-electron chi connectivity index (χ0n) is 13.1. The molecule has 0 aromatic rings. The van der Waals surface area contributed by atoms with E-state index in [4.69, 9.17) is 4.74 Å². The fraction of sp³-hybridized carbons (Fsp3) is 0.786. The molecular weight excluding hydrogens is 328 g/mol. The highest BCUT2D eigenvalue weighted by Crippen LogP contribution is 2.29. The average Bonchev–Trinajstić information content (AvgIpc) is 2.43. The average molecular weight is 352 g/mol. The van der Waals surface area contributed by atoms with Gasteiger partial charge in [-0.3, -0.25) is 0 Å². The highest BCUT2D eigenvalue weighted by molar-refractivity contribution is 8.02. The predicted octanol–water partition coefficient (Wildman–Crippen LogP) is 1.96. The molecule has 0 atom stereocenters. The summed E-state index contributed by atoms with van der Waals surface area (Å²) in [7, 11) is -7.58. The molecule has 0 spiro atoms. The Kier molecular flexibility index (Phi) is 7.05. The Morgan fingerprint density at radius 1 is 0.955 bits per heavy atom. The number of rotatable bonds is 8. The van der Waals surface area contributed by atoms with Gasteiger partial charge in [0.15, 0.2) is 24.6 Å². The van der Waals surface area contributed by atoms with Crippen molar-refractivity contribution in [2.75, 3.05) is 18.1 Å². The minimum absolute atomic E-state index is 0.0435. The molecule has 0 unspecified atom stereocenters. The molecule has 128 valence electrons. The van der Waals surface area contributed by atoms with Crippen LogP contribution in [0, 0.1) is 0 Å². The van der Waals surface area contributed by atoms with Gasteiger partial charge in [-0.05, 0) is 12.8 Å². The first-order valence-electron chi connectivity index (χ1n) is 7.62. The molecule has 22 heavy (non-hydrogen) atoms. The minimum Gasteiger partial charge on any atom is -0.462 e. The maximum Gasteiger partial charge on any atom is 0.350 e. The largest absolute Gasteiger partial charge is 0.462 e. The fourth-order valence-corrected chi connectivity index (χ4v) is 6.87. The molecule has 0 fully saturated rings. The number of hydrogen-bond donors (Lipinski definition) is 0. The smallest absolute Gasteiger partial charge is 0.350 e. The lowest BCUT2D eigenvalue weighted by atomic mass is 10.2. The molecule has 0 aromatic heterocycles. The number of esters is 1. The predicted molar refractivity (Wildman–Crippen MR) is 84.6 cm³/mol. The molecule has 0 N–H and O–H groups in total. The lowest BCUT2D eigenvalue weighted by Crippen LogP contribution is -2.32. The van der Waals surface area contributed by atoms with Crippen LogP contribution in [0.4, 0.5) is 0 Å². The first kappa shape index (κ1) is 19.2. The van der Waals surface area contributed by atoms with Crippen LogP contribution in [0.5, 0.6) is 0 Å². The molecule has 0 radical (unpaired) electrons. The van der Waals surface area contributed by atoms with Crippen molar-refractivity contribution < 1.29 is 26.4 Å². The molecule has 1 heterocycles. The van der Waals surface area contributed by atoms with Crippen LogP contribution in [0.3, 0.4) is 0 Å². The third-order valence-corrected chi connectivity index (χ3v) is 7.52. The van der Waals surface area contributed by atoms with Gasteiger partial charge in [0.1, 0.15) is 0 Å². The van der Waals surface area contributed by atoms with E-state index in [0.717, 1.165) is 19.3 Å². The molecule has 0 aliphatic carbocycles. The Balaban J connectivity index is 2.99. The van der Waals surface area contributed by atoms with Gasteiger partial charge in [-0.1, -0.05) is 39.5 Å². The van der Waals surface area contributed by atoms with Crippen LogP contribution in [-0.4, -0.2) is 40.9 Å². The molecule has 1 rings (SSSR count). The number of hydrogen-bond acceptors (Lipinski definition) is 6. The van der Waals surface area contributed by atoms with Crippen molar-refractivity contribution in [1.82, 2.24) is 0 Å². The molecule has 0 saturated carbocycles. The van der Waals surface area contributed by atoms with E-state index in [1.165, 1.54) is 0 Å². The summed E-state index contributed by atoms with van der Waals surface area (Å²) >= 11 is 0. The van der Waals surface area contributed by atoms with Crippen LogP contribution < -0.4 is 0 Å². The van der Waals surface area contributed by atoms with Crippen molar-refractivity contribution in [3.8, 4) is 0 Å². The van der Waals surface area contributed by atoms with Gasteiger partial charge in [-0.15, -0.1) is 0 Å². The molecule has 1 aliphatic rings. The molecule has 0 bridgehead atoms. The summed E-state index contributed by atoms with van der Waals surface area (Å²) in [5.41, 5.74) is 0. The molecule has 6 nitrogen and oxygen atoms in total. The van der Waals surface area contributed by atoms with Crippen molar-refractivity contribution in [3.05, 3.63) is 9.81 Å². The monoisotopic (exact) mass is 352 g/mol. The van der Waals surface area contributed by atoms with E-state index in [2.05, 4.69) is 0 Å². The van der Waals surface area contributed by atoms with Gasteiger partial charge >= 0.3 is 5.97 Å². The number of unbranched alkanes of at least 4 members (excludes halogenated alkanes) is 3. The summed E-state index contributed by atoms with van der Waals surface area (Å²) in [4.78, 5) is 11.2. The number of carbonyl (C=O) groups excluding carboxylic acids is 1. The summed E-state index contributed by atoms with van der Waals surface area (Å²) in [5.74, 6) is -2.04. The first-order valence-corrected chi connectivity index (χ1v) is 10.9. The maximum atomic E-state index is 12.1. The number of allylic oxidation sites excluding steroid dienone is 1. The normalized spacial score (nSPS) is 19.9. The van der Waals surface area contributed by atoms with Crippen molar-refractivity contribution in [2.45, 2.75) is 52.4 Å². The van der Waals surface area contributed by atoms with Gasteiger partial charge in [0.05, 0.1) is 23.0 Å². The highest BCUT2D eigenvalue weighted by atomic mass is 32.2. The lowest BCUT2D eigenvalue weighted by Gasteiger charge is -2.19. The first-order chi connectivity index (χ1) is 10.3. The summed E-state index contributed by atoms with van der Waals surface area (Å²) in [5, 5.41) is 0. The van der Waals surface area contributed by atoms with Crippen molar-refractivity contribution in [3.63, 3.8) is 0 Å². The van der Waals surface area contributed by atoms with Crippen molar-refractivity contribution >= 4 is 25.6 Å². The van der Waals surface area contributed by atoms with Gasteiger partial charge in [-0.25, -0.2) is 21.6 Å². The van der Waals surface area contributed by atoms with E-state index in [-0.39, 0.29) is 17.9 Å². The van der Waals surface area contributed by atoms with E-state index in [1.54, 1.807) is 6.92 Å². The molecule has 0 amide bonds. The van der Waals surface area contributed by atoms with Crippen LogP contribution in [-0.2, 0) is 29.2 Å². The minimum atomic E-state index is -3.89. The number of sulfone groups is 2. The van der Waals surface area contributed by atoms with Gasteiger partial charge in [0.25, 0.3) is 0 Å². The second-order valence-corrected chi connectivity index (χ2v) is 9.51. The third kappa shape index (κ3) is 4.81. The van der Waals surface area contributed by atoms with E-state index in [9.17, 15) is 21.6 Å². The molecular formula is C14H24O6S2. The lowest BCUT2D eigenvalue weighted by molar-refractivity contribution is -0.138. The Hall–Kier alpha value is -0.890. The Morgan fingerprint density at radius 2 is 1.59 bits per heavy atom. The molecule has 0 aromatic carbocycles. The summed E-state index contributed by atoms with van der Waals surface area (Å²) in [6.07, 6.45) is 4.05. The molecule has 1 aliphatic heterocycles. The summed E-state index contributed by atoms with van der Waals surface area (Å²) in [6.45, 7) is 3.89. The van der Waals surface area contributed by atoms with E-state index in [1.807, 2.05) is 6.92 Å². The fourth-order valence-electron chi connectivity index (χ4n) is 2.26. The second-order valence-electron chi connectivity index (χ2n) is 5.34. The standard InChI is InChI=1S/C14H24O6S2/c1-3-5-6-7-9-20-14(15)13-12(8-4-2)21(16,17)10-11-22(13,18)19/h3-11H2,1-2H3. The van der Waals surface area contributed by atoms with Crippen LogP contribution in [0.25, 0.3) is 0 Å². The van der Waals surface area contributed by atoms with Gasteiger partial charge in [0.2, 0.25) is 0 Å². The molecule has 0 saturated heterocycles. The maximum absolute atomic E-state index is 12.1. The zero-order valence-corrected chi connectivity index (χ0v) is 14.8. The van der Waals surface area contributed by atoms with Gasteiger partial charge in [-0.2, -0.15) is 0 Å². The van der Waals surface area contributed by atoms with E-state index in [0.29, 0.717) is 12.8 Å². The van der Waals surface area contributed by atoms with Gasteiger partial charge in [0, 0.05) is 0 Å². The SMILES string of the molecule is CCCCCCOC(=O)C1=C(CCC)S(=O)(=O)CCS1(=O)=O. The Labute approximate surface area is 132 Å². The molecule has 8 heteroatoms. The Bertz CT molecular complexity index is 628. The van der Waals surface area contributed by atoms with Crippen LogP contribution in [0.1, 0.15) is 52.4 Å². The highest BCUT2D eigenvalue weighted by Gasteiger charge is 2.40. The number of carbonyl (C=O) groups is 1. The van der Waals surface area contributed by atoms with Crippen LogP contribution in [0.15, 0.2) is 9.81 Å².